The van der Waals surface area contributed by atoms with E-state index >= 15 is 0 Å². The monoisotopic (exact) mass is 523 g/mol. The highest BCUT2D eigenvalue weighted by Crippen LogP contribution is 2.36. The van der Waals surface area contributed by atoms with Crippen LogP contribution in [0.15, 0.2) is 60.7 Å². The molecule has 1 aliphatic rings. The normalized spacial score (nSPS) is 14.5. The predicted molar refractivity (Wildman–Crippen MR) is 125 cm³/mol. The first-order valence-corrected chi connectivity index (χ1v) is 11.4. The maximum atomic E-state index is 13.4. The molecule has 1 aromatic heterocycles. The molecule has 2 heterocycles. The van der Waals surface area contributed by atoms with Gasteiger partial charge in [-0.15, -0.1) is 0 Å². The van der Waals surface area contributed by atoms with Gasteiger partial charge in [-0.25, -0.2) is 4.98 Å². The molecule has 0 unspecified atom stereocenters. The fraction of sp³-hybridized carbons (Fsp3) is 0.308. The number of carbonyl (C=O) groups is 1. The van der Waals surface area contributed by atoms with Gasteiger partial charge >= 0.3 is 12.4 Å². The van der Waals surface area contributed by atoms with Crippen molar-refractivity contribution in [1.82, 2.24) is 9.88 Å². The Balaban J connectivity index is 1.68. The molecule has 0 N–H and O–H groups in total. The lowest BCUT2D eigenvalue weighted by molar-refractivity contribution is -0.143. The van der Waals surface area contributed by atoms with E-state index in [1.807, 2.05) is 4.90 Å². The van der Waals surface area contributed by atoms with Crippen LogP contribution in [0.2, 0.25) is 0 Å². The lowest BCUT2D eigenvalue weighted by Crippen LogP contribution is -2.37. The fourth-order valence-corrected chi connectivity index (χ4v) is 4.07. The van der Waals surface area contributed by atoms with Crippen molar-refractivity contribution in [2.24, 2.45) is 0 Å². The van der Waals surface area contributed by atoms with E-state index in [9.17, 15) is 31.1 Å². The molecule has 0 bridgehead atoms. The molecule has 3 aromatic rings. The third kappa shape index (κ3) is 6.22. The summed E-state index contributed by atoms with van der Waals surface area (Å²) in [4.78, 5) is 21.2. The highest BCUT2D eigenvalue weighted by molar-refractivity contribution is 6.00. The molecule has 1 amide bonds. The van der Waals surface area contributed by atoms with Gasteiger partial charge in [-0.05, 0) is 35.9 Å². The van der Waals surface area contributed by atoms with Crippen LogP contribution < -0.4 is 4.90 Å². The van der Waals surface area contributed by atoms with Crippen molar-refractivity contribution in [1.29, 1.82) is 0 Å². The first kappa shape index (κ1) is 26.5. The summed E-state index contributed by atoms with van der Waals surface area (Å²) < 4.78 is 84.9. The molecule has 0 atom stereocenters. The van der Waals surface area contributed by atoms with Crippen LogP contribution in [-0.2, 0) is 23.6 Å². The van der Waals surface area contributed by atoms with Crippen LogP contribution in [0.5, 0.6) is 0 Å². The zero-order chi connectivity index (χ0) is 26.8. The highest BCUT2D eigenvalue weighted by atomic mass is 19.4. The summed E-state index contributed by atoms with van der Waals surface area (Å²) in [5.41, 5.74) is -1.97. The third-order valence-electron chi connectivity index (χ3n) is 5.91. The second kappa shape index (κ2) is 10.4. The minimum atomic E-state index is -4.97. The number of alkyl halides is 6. The molecule has 196 valence electrons. The van der Waals surface area contributed by atoms with Crippen LogP contribution in [0.25, 0.3) is 11.3 Å². The number of hydrogen-bond acceptors (Lipinski definition) is 4. The minimum absolute atomic E-state index is 0.0626. The van der Waals surface area contributed by atoms with Crippen LogP contribution in [-0.4, -0.2) is 49.1 Å². The maximum Gasteiger partial charge on any atom is 0.416 e. The molecule has 1 aliphatic heterocycles. The van der Waals surface area contributed by atoms with Gasteiger partial charge in [-0.2, -0.15) is 26.3 Å². The van der Waals surface area contributed by atoms with E-state index in [-0.39, 0.29) is 17.2 Å². The van der Waals surface area contributed by atoms with Crippen molar-refractivity contribution in [3.8, 4) is 11.3 Å². The standard InChI is InChI=1S/C26H23F6N3O2/c1-34(16-17-13-19(25(27,28)29)15-20(14-17)26(30,31)32)24(36)21-7-8-22(35-9-11-37-12-10-35)33-23(21)18-5-3-2-4-6-18/h2-8,13-15H,9-12,16H2,1H3. The fourth-order valence-electron chi connectivity index (χ4n) is 4.07. The van der Waals surface area contributed by atoms with Crippen LogP contribution in [0.1, 0.15) is 27.0 Å². The number of amides is 1. The van der Waals surface area contributed by atoms with E-state index in [1.165, 1.54) is 7.05 Å². The van der Waals surface area contributed by atoms with Crippen molar-refractivity contribution < 1.29 is 35.9 Å². The summed E-state index contributed by atoms with van der Waals surface area (Å²) in [6.45, 7) is 1.83. The van der Waals surface area contributed by atoms with Gasteiger partial charge in [0.1, 0.15) is 5.82 Å². The topological polar surface area (TPSA) is 45.7 Å². The van der Waals surface area contributed by atoms with E-state index in [0.29, 0.717) is 55.5 Å². The number of aromatic nitrogens is 1. The molecule has 0 saturated carbocycles. The molecule has 1 fully saturated rings. The van der Waals surface area contributed by atoms with Gasteiger partial charge in [0.15, 0.2) is 0 Å². The molecule has 5 nitrogen and oxygen atoms in total. The molecular weight excluding hydrogens is 500 g/mol. The van der Waals surface area contributed by atoms with E-state index < -0.39 is 35.9 Å². The largest absolute Gasteiger partial charge is 0.416 e. The maximum absolute atomic E-state index is 13.4. The summed E-state index contributed by atoms with van der Waals surface area (Å²) in [6.07, 6.45) is -9.95. The quantitative estimate of drug-likeness (QED) is 0.391. The van der Waals surface area contributed by atoms with E-state index in [2.05, 4.69) is 0 Å². The average Bonchev–Trinajstić information content (AvgIpc) is 2.87. The molecule has 37 heavy (non-hydrogen) atoms. The van der Waals surface area contributed by atoms with E-state index in [0.717, 1.165) is 4.90 Å². The van der Waals surface area contributed by atoms with Crippen molar-refractivity contribution in [3.05, 3.63) is 82.9 Å². The summed E-state index contributed by atoms with van der Waals surface area (Å²) in [6, 6.07) is 13.4. The zero-order valence-electron chi connectivity index (χ0n) is 19.7. The van der Waals surface area contributed by atoms with Gasteiger partial charge in [-0.3, -0.25) is 4.79 Å². The Kier molecular flexibility index (Phi) is 7.44. The van der Waals surface area contributed by atoms with Crippen molar-refractivity contribution in [2.45, 2.75) is 18.9 Å². The molecule has 1 saturated heterocycles. The summed E-state index contributed by atoms with van der Waals surface area (Å²) in [5.74, 6) is 0.0416. The van der Waals surface area contributed by atoms with Crippen LogP contribution in [0, 0.1) is 0 Å². The smallest absolute Gasteiger partial charge is 0.378 e. The van der Waals surface area contributed by atoms with E-state index in [1.54, 1.807) is 42.5 Å². The summed E-state index contributed by atoms with van der Waals surface area (Å²) >= 11 is 0. The van der Waals surface area contributed by atoms with Gasteiger partial charge < -0.3 is 14.5 Å². The predicted octanol–water partition coefficient (Wildman–Crippen LogP) is 5.90. The van der Waals surface area contributed by atoms with Gasteiger partial charge in [0.05, 0.1) is 35.6 Å². The Morgan fingerprint density at radius 1 is 0.919 bits per heavy atom. The van der Waals surface area contributed by atoms with E-state index in [4.69, 9.17) is 9.72 Å². The van der Waals surface area contributed by atoms with Crippen molar-refractivity contribution in [2.75, 3.05) is 38.3 Å². The average molecular weight is 523 g/mol. The lowest BCUT2D eigenvalue weighted by Gasteiger charge is -2.28. The van der Waals surface area contributed by atoms with Gasteiger partial charge in [0, 0.05) is 32.2 Å². The molecule has 0 spiro atoms. The second-order valence-electron chi connectivity index (χ2n) is 8.61. The third-order valence-corrected chi connectivity index (χ3v) is 5.91. The van der Waals surface area contributed by atoms with Crippen molar-refractivity contribution >= 4 is 11.7 Å². The molecule has 2 aromatic carbocycles. The van der Waals surface area contributed by atoms with Gasteiger partial charge in [0.25, 0.3) is 5.91 Å². The van der Waals surface area contributed by atoms with Crippen molar-refractivity contribution in [3.63, 3.8) is 0 Å². The molecule has 0 radical (unpaired) electrons. The number of carbonyl (C=O) groups excluding carboxylic acids is 1. The summed E-state index contributed by atoms with van der Waals surface area (Å²) in [7, 11) is 1.32. The van der Waals surface area contributed by atoms with Gasteiger partial charge in [0.2, 0.25) is 0 Å². The second-order valence-corrected chi connectivity index (χ2v) is 8.61. The molecule has 11 heteroatoms. The number of hydrogen-bond donors (Lipinski definition) is 0. The number of halogens is 6. The number of anilines is 1. The molecular formula is C26H23F6N3O2. The van der Waals surface area contributed by atoms with Crippen LogP contribution in [0.4, 0.5) is 32.2 Å². The minimum Gasteiger partial charge on any atom is -0.378 e. The zero-order valence-corrected chi connectivity index (χ0v) is 19.7. The first-order valence-electron chi connectivity index (χ1n) is 11.4. The number of ether oxygens (including phenoxy) is 1. The molecule has 4 rings (SSSR count). The number of nitrogens with zero attached hydrogens (tertiary/aromatic N) is 3. The number of pyridine rings is 1. The molecule has 0 aliphatic carbocycles. The Morgan fingerprint density at radius 3 is 2.08 bits per heavy atom. The Bertz CT molecular complexity index is 1220. The number of morpholine rings is 1. The first-order chi connectivity index (χ1) is 17.4. The number of rotatable bonds is 5. The number of benzene rings is 2. The van der Waals surface area contributed by atoms with Crippen LogP contribution in [0.3, 0.4) is 0 Å². The lowest BCUT2D eigenvalue weighted by atomic mass is 10.0. The summed E-state index contributed by atoms with van der Waals surface area (Å²) in [5, 5.41) is 0. The highest BCUT2D eigenvalue weighted by Gasteiger charge is 2.37. The van der Waals surface area contributed by atoms with Crippen LogP contribution >= 0.6 is 0 Å². The Labute approximate surface area is 209 Å². The SMILES string of the molecule is CN(Cc1cc(C(F)(F)F)cc(C(F)(F)F)c1)C(=O)c1ccc(N2CCOCC2)nc1-c1ccccc1. The Hall–Kier alpha value is -3.60. The Morgan fingerprint density at radius 2 is 1.51 bits per heavy atom. The van der Waals surface area contributed by atoms with Gasteiger partial charge in [-0.1, -0.05) is 30.3 Å².